The molecule has 0 bridgehead atoms. The van der Waals surface area contributed by atoms with Gasteiger partial charge in [-0.1, -0.05) is 25.3 Å². The van der Waals surface area contributed by atoms with Gasteiger partial charge in [0, 0.05) is 25.7 Å². The van der Waals surface area contributed by atoms with E-state index in [2.05, 4.69) is 17.9 Å². The van der Waals surface area contributed by atoms with Crippen LogP contribution in [0.2, 0.25) is 0 Å². The third-order valence-corrected chi connectivity index (χ3v) is 2.96. The molecule has 0 aromatic carbocycles. The summed E-state index contributed by atoms with van der Waals surface area (Å²) < 4.78 is 0. The van der Waals surface area contributed by atoms with Gasteiger partial charge in [0.15, 0.2) is 0 Å². The third-order valence-electron chi connectivity index (χ3n) is 2.96. The molecule has 0 aromatic heterocycles. The zero-order valence-corrected chi connectivity index (χ0v) is 9.50. The summed E-state index contributed by atoms with van der Waals surface area (Å²) in [5, 5.41) is 6.27. The molecule has 1 rings (SSSR count). The predicted molar refractivity (Wildman–Crippen MR) is 62.5 cm³/mol. The molecule has 1 fully saturated rings. The van der Waals surface area contributed by atoms with Gasteiger partial charge in [-0.2, -0.15) is 5.10 Å². The van der Waals surface area contributed by atoms with Crippen molar-refractivity contribution in [1.82, 2.24) is 5.01 Å². The van der Waals surface area contributed by atoms with E-state index >= 15 is 0 Å². The van der Waals surface area contributed by atoms with E-state index in [-0.39, 0.29) is 0 Å². The third kappa shape index (κ3) is 3.17. The topological polar surface area (TPSA) is 15.6 Å². The highest BCUT2D eigenvalue weighted by Gasteiger charge is 2.28. The van der Waals surface area contributed by atoms with Crippen LogP contribution >= 0.6 is 0 Å². The van der Waals surface area contributed by atoms with E-state index in [1.54, 1.807) is 0 Å². The highest BCUT2D eigenvalue weighted by Crippen LogP contribution is 2.37. The fourth-order valence-corrected chi connectivity index (χ4v) is 2.17. The first kappa shape index (κ1) is 11.3. The van der Waals surface area contributed by atoms with Crippen LogP contribution in [0.1, 0.15) is 38.5 Å². The SMILES string of the molecule is C=CCC1(C=NN(C)C)CCCCC1. The van der Waals surface area contributed by atoms with Crippen LogP contribution in [0.4, 0.5) is 0 Å². The molecule has 14 heavy (non-hydrogen) atoms. The monoisotopic (exact) mass is 194 g/mol. The normalized spacial score (nSPS) is 21.0. The Morgan fingerprint density at radius 2 is 1.93 bits per heavy atom. The Morgan fingerprint density at radius 1 is 1.29 bits per heavy atom. The number of hydrogen-bond donors (Lipinski definition) is 0. The molecule has 2 heteroatoms. The lowest BCUT2D eigenvalue weighted by molar-refractivity contribution is 0.288. The second kappa shape index (κ2) is 5.18. The summed E-state index contributed by atoms with van der Waals surface area (Å²) in [6.45, 7) is 3.85. The van der Waals surface area contributed by atoms with E-state index in [0.29, 0.717) is 5.41 Å². The standard InChI is InChI=1S/C12H22N2/c1-4-8-12(11-13-14(2)3)9-6-5-7-10-12/h4,11H,1,5-10H2,2-3H3. The smallest absolute Gasteiger partial charge is 0.0309 e. The Kier molecular flexibility index (Phi) is 4.18. The van der Waals surface area contributed by atoms with Crippen LogP contribution < -0.4 is 0 Å². The molecular formula is C12H22N2. The van der Waals surface area contributed by atoms with Gasteiger partial charge in [0.1, 0.15) is 0 Å². The van der Waals surface area contributed by atoms with Crippen molar-refractivity contribution in [3.63, 3.8) is 0 Å². The molecule has 0 radical (unpaired) electrons. The Bertz CT molecular complexity index is 200. The van der Waals surface area contributed by atoms with Crippen molar-refractivity contribution in [2.45, 2.75) is 38.5 Å². The Balaban J connectivity index is 2.64. The van der Waals surface area contributed by atoms with Crippen LogP contribution in [0.15, 0.2) is 17.8 Å². The second-order valence-corrected chi connectivity index (χ2v) is 4.51. The molecule has 0 atom stereocenters. The molecule has 0 spiro atoms. The first-order valence-electron chi connectivity index (χ1n) is 5.52. The van der Waals surface area contributed by atoms with Crippen LogP contribution in [-0.2, 0) is 0 Å². The molecule has 0 N–H and O–H groups in total. The minimum absolute atomic E-state index is 0.310. The maximum absolute atomic E-state index is 4.40. The average molecular weight is 194 g/mol. The van der Waals surface area contributed by atoms with Crippen molar-refractivity contribution in [2.24, 2.45) is 10.5 Å². The lowest BCUT2D eigenvalue weighted by atomic mass is 9.73. The Morgan fingerprint density at radius 3 is 2.43 bits per heavy atom. The molecule has 0 amide bonds. The van der Waals surface area contributed by atoms with Crippen molar-refractivity contribution in [3.05, 3.63) is 12.7 Å². The van der Waals surface area contributed by atoms with Gasteiger partial charge >= 0.3 is 0 Å². The lowest BCUT2D eigenvalue weighted by Crippen LogP contribution is -2.26. The van der Waals surface area contributed by atoms with Crippen LogP contribution in [-0.4, -0.2) is 25.3 Å². The molecule has 0 unspecified atom stereocenters. The number of nitrogens with zero attached hydrogens (tertiary/aromatic N) is 2. The van der Waals surface area contributed by atoms with Gasteiger partial charge in [-0.3, -0.25) is 0 Å². The summed E-state index contributed by atoms with van der Waals surface area (Å²) in [6.07, 6.45) is 11.9. The first-order valence-corrected chi connectivity index (χ1v) is 5.52. The summed E-state index contributed by atoms with van der Waals surface area (Å²) in [5.41, 5.74) is 0.310. The van der Waals surface area contributed by atoms with Crippen LogP contribution in [0.5, 0.6) is 0 Å². The van der Waals surface area contributed by atoms with E-state index < -0.39 is 0 Å². The molecule has 0 aromatic rings. The molecular weight excluding hydrogens is 172 g/mol. The Hall–Kier alpha value is -0.790. The van der Waals surface area contributed by atoms with Gasteiger partial charge in [0.05, 0.1) is 0 Å². The van der Waals surface area contributed by atoms with Crippen LogP contribution in [0, 0.1) is 5.41 Å². The number of hydrazone groups is 1. The minimum atomic E-state index is 0.310. The summed E-state index contributed by atoms with van der Waals surface area (Å²) in [7, 11) is 3.95. The zero-order chi connectivity index (χ0) is 10.4. The van der Waals surface area contributed by atoms with E-state index in [0.717, 1.165) is 6.42 Å². The van der Waals surface area contributed by atoms with Gasteiger partial charge in [0.25, 0.3) is 0 Å². The molecule has 1 aliphatic carbocycles. The largest absolute Gasteiger partial charge is 0.303 e. The summed E-state index contributed by atoms with van der Waals surface area (Å²) >= 11 is 0. The highest BCUT2D eigenvalue weighted by molar-refractivity contribution is 5.66. The number of allylic oxidation sites excluding steroid dienone is 1. The van der Waals surface area contributed by atoms with Crippen molar-refractivity contribution in [3.8, 4) is 0 Å². The summed E-state index contributed by atoms with van der Waals surface area (Å²) in [5.74, 6) is 0. The van der Waals surface area contributed by atoms with Gasteiger partial charge in [-0.15, -0.1) is 6.58 Å². The number of hydrogen-bond acceptors (Lipinski definition) is 2. The molecule has 1 aliphatic rings. The highest BCUT2D eigenvalue weighted by atomic mass is 15.4. The van der Waals surface area contributed by atoms with E-state index in [1.165, 1.54) is 32.1 Å². The van der Waals surface area contributed by atoms with E-state index in [4.69, 9.17) is 0 Å². The maximum Gasteiger partial charge on any atom is 0.0309 e. The molecule has 0 aliphatic heterocycles. The predicted octanol–water partition coefficient (Wildman–Crippen LogP) is 3.06. The average Bonchev–Trinajstić information content (AvgIpc) is 2.17. The molecule has 1 saturated carbocycles. The van der Waals surface area contributed by atoms with Crippen molar-refractivity contribution in [2.75, 3.05) is 14.1 Å². The maximum atomic E-state index is 4.40. The van der Waals surface area contributed by atoms with Gasteiger partial charge in [-0.25, -0.2) is 0 Å². The second-order valence-electron chi connectivity index (χ2n) is 4.51. The molecule has 80 valence electrons. The van der Waals surface area contributed by atoms with Crippen molar-refractivity contribution in [1.29, 1.82) is 0 Å². The van der Waals surface area contributed by atoms with E-state index in [9.17, 15) is 0 Å². The summed E-state index contributed by atoms with van der Waals surface area (Å²) in [6, 6.07) is 0. The Labute approximate surface area is 87.7 Å². The lowest BCUT2D eigenvalue weighted by Gasteiger charge is -2.33. The van der Waals surface area contributed by atoms with Crippen LogP contribution in [0.25, 0.3) is 0 Å². The van der Waals surface area contributed by atoms with Gasteiger partial charge in [-0.05, 0) is 19.3 Å². The quantitative estimate of drug-likeness (QED) is 0.381. The first-order chi connectivity index (χ1) is 6.68. The van der Waals surface area contributed by atoms with Crippen molar-refractivity contribution < 1.29 is 0 Å². The molecule has 2 nitrogen and oxygen atoms in total. The van der Waals surface area contributed by atoms with Gasteiger partial charge < -0.3 is 5.01 Å². The van der Waals surface area contributed by atoms with Crippen molar-refractivity contribution >= 4 is 6.21 Å². The molecule has 0 heterocycles. The summed E-state index contributed by atoms with van der Waals surface area (Å²) in [4.78, 5) is 0. The zero-order valence-electron chi connectivity index (χ0n) is 9.50. The molecule has 0 saturated heterocycles. The van der Waals surface area contributed by atoms with E-state index in [1.807, 2.05) is 25.2 Å². The number of rotatable bonds is 4. The minimum Gasteiger partial charge on any atom is -0.303 e. The fraction of sp³-hybridized carbons (Fsp3) is 0.750. The van der Waals surface area contributed by atoms with Gasteiger partial charge in [0.2, 0.25) is 0 Å². The van der Waals surface area contributed by atoms with Crippen LogP contribution in [0.3, 0.4) is 0 Å². The fourth-order valence-electron chi connectivity index (χ4n) is 2.17.